The zero-order chi connectivity index (χ0) is 22.2. The Balaban J connectivity index is 1.74. The summed E-state index contributed by atoms with van der Waals surface area (Å²) >= 11 is 0. The van der Waals surface area contributed by atoms with E-state index in [4.69, 9.17) is 9.47 Å². The molecular formula is C25H35N3O3. The number of nitrogens with zero attached hydrogens (tertiary/aromatic N) is 2. The molecule has 0 bridgehead atoms. The molecule has 2 atom stereocenters. The lowest BCUT2D eigenvalue weighted by molar-refractivity contribution is -0.123. The number of ether oxygens (including phenoxy) is 2. The van der Waals surface area contributed by atoms with Crippen LogP contribution in [0, 0.1) is 19.8 Å². The highest BCUT2D eigenvalue weighted by molar-refractivity contribution is 5.76. The summed E-state index contributed by atoms with van der Waals surface area (Å²) < 4.78 is 10.5. The summed E-state index contributed by atoms with van der Waals surface area (Å²) in [6.07, 6.45) is 4.34. The van der Waals surface area contributed by atoms with E-state index in [9.17, 15) is 4.79 Å². The number of carbonyl (C=O) groups excluding carboxylic acids is 1. The minimum Gasteiger partial charge on any atom is -0.496 e. The maximum atomic E-state index is 12.5. The normalized spacial score (nSPS) is 17.9. The molecule has 1 N–H and O–H groups in total. The van der Waals surface area contributed by atoms with Gasteiger partial charge in [0.25, 0.3) is 0 Å². The van der Waals surface area contributed by atoms with Crippen molar-refractivity contribution in [2.75, 3.05) is 33.9 Å². The van der Waals surface area contributed by atoms with Crippen molar-refractivity contribution in [2.24, 2.45) is 5.92 Å². The zero-order valence-corrected chi connectivity index (χ0v) is 19.2. The van der Waals surface area contributed by atoms with Crippen LogP contribution >= 0.6 is 0 Å². The van der Waals surface area contributed by atoms with Crippen molar-refractivity contribution in [3.63, 3.8) is 0 Å². The number of pyridine rings is 1. The summed E-state index contributed by atoms with van der Waals surface area (Å²) in [4.78, 5) is 19.6. The molecule has 6 nitrogen and oxygen atoms in total. The first-order valence-corrected chi connectivity index (χ1v) is 11.1. The Morgan fingerprint density at radius 3 is 2.77 bits per heavy atom. The molecule has 1 aromatic carbocycles. The van der Waals surface area contributed by atoms with Crippen molar-refractivity contribution in [1.82, 2.24) is 15.2 Å². The smallest absolute Gasteiger partial charge is 0.222 e. The second kappa shape index (κ2) is 11.3. The van der Waals surface area contributed by atoms with Crippen molar-refractivity contribution in [2.45, 2.75) is 45.7 Å². The number of benzene rings is 1. The Kier molecular flexibility index (Phi) is 8.43. The van der Waals surface area contributed by atoms with E-state index in [1.807, 2.05) is 18.2 Å². The molecule has 31 heavy (non-hydrogen) atoms. The van der Waals surface area contributed by atoms with E-state index in [0.29, 0.717) is 18.9 Å². The molecule has 0 unspecified atom stereocenters. The molecule has 1 aromatic heterocycles. The molecular weight excluding hydrogens is 390 g/mol. The lowest BCUT2D eigenvalue weighted by atomic mass is 9.88. The Bertz CT molecular complexity index is 857. The Labute approximate surface area is 186 Å². The molecule has 6 heteroatoms. The highest BCUT2D eigenvalue weighted by atomic mass is 16.5. The number of hydrogen-bond donors (Lipinski definition) is 1. The lowest BCUT2D eigenvalue weighted by Gasteiger charge is -2.37. The topological polar surface area (TPSA) is 63.7 Å². The molecule has 0 radical (unpaired) electrons. The van der Waals surface area contributed by atoms with Crippen LogP contribution in [0.1, 0.15) is 47.7 Å². The van der Waals surface area contributed by atoms with E-state index in [2.05, 4.69) is 41.2 Å². The third-order valence-corrected chi connectivity index (χ3v) is 6.33. The molecule has 1 saturated heterocycles. The molecule has 2 aromatic rings. The molecule has 1 aliphatic rings. The van der Waals surface area contributed by atoms with Gasteiger partial charge in [-0.2, -0.15) is 0 Å². The number of hydrogen-bond acceptors (Lipinski definition) is 5. The first-order chi connectivity index (χ1) is 15.0. The Morgan fingerprint density at radius 1 is 1.23 bits per heavy atom. The quantitative estimate of drug-likeness (QED) is 0.662. The predicted molar refractivity (Wildman–Crippen MR) is 122 cm³/mol. The van der Waals surface area contributed by atoms with Crippen molar-refractivity contribution >= 4 is 5.91 Å². The van der Waals surface area contributed by atoms with Crippen LogP contribution in [0.15, 0.2) is 36.5 Å². The van der Waals surface area contributed by atoms with Gasteiger partial charge >= 0.3 is 0 Å². The van der Waals surface area contributed by atoms with Gasteiger partial charge in [-0.25, -0.2) is 0 Å². The molecule has 0 saturated carbocycles. The first-order valence-electron chi connectivity index (χ1n) is 11.1. The average molecular weight is 426 g/mol. The van der Waals surface area contributed by atoms with E-state index >= 15 is 0 Å². The molecule has 3 rings (SSSR count). The van der Waals surface area contributed by atoms with Gasteiger partial charge in [-0.15, -0.1) is 0 Å². The number of aromatic nitrogens is 1. The fraction of sp³-hybridized carbons (Fsp3) is 0.520. The largest absolute Gasteiger partial charge is 0.496 e. The summed E-state index contributed by atoms with van der Waals surface area (Å²) in [6, 6.07) is 10.1. The molecule has 0 spiro atoms. The minimum atomic E-state index is -0.0907. The van der Waals surface area contributed by atoms with Gasteiger partial charge in [0.1, 0.15) is 5.75 Å². The Hall–Kier alpha value is -2.44. The Morgan fingerprint density at radius 2 is 2.06 bits per heavy atom. The van der Waals surface area contributed by atoms with Crippen molar-refractivity contribution < 1.29 is 14.3 Å². The third kappa shape index (κ3) is 6.05. The second-order valence-corrected chi connectivity index (χ2v) is 8.36. The summed E-state index contributed by atoms with van der Waals surface area (Å²) in [5.41, 5.74) is 4.75. The average Bonchev–Trinajstić information content (AvgIpc) is 2.80. The monoisotopic (exact) mass is 425 g/mol. The number of rotatable bonds is 9. The van der Waals surface area contributed by atoms with Gasteiger partial charge in [-0.1, -0.05) is 12.1 Å². The van der Waals surface area contributed by atoms with Crippen LogP contribution in [0.5, 0.6) is 5.75 Å². The second-order valence-electron chi connectivity index (χ2n) is 8.36. The highest BCUT2D eigenvalue weighted by Crippen LogP contribution is 2.31. The minimum absolute atomic E-state index is 0.0104. The van der Waals surface area contributed by atoms with Gasteiger partial charge in [0.15, 0.2) is 0 Å². The van der Waals surface area contributed by atoms with E-state index in [1.165, 1.54) is 16.7 Å². The molecule has 0 aliphatic carbocycles. The van der Waals surface area contributed by atoms with Gasteiger partial charge < -0.3 is 14.8 Å². The molecule has 1 amide bonds. The van der Waals surface area contributed by atoms with Crippen LogP contribution < -0.4 is 10.1 Å². The number of piperidine rings is 1. The predicted octanol–water partition coefficient (Wildman–Crippen LogP) is 3.81. The first kappa shape index (κ1) is 23.2. The maximum Gasteiger partial charge on any atom is 0.222 e. The summed E-state index contributed by atoms with van der Waals surface area (Å²) in [5.74, 6) is 1.26. The number of carbonyl (C=O) groups is 1. The highest BCUT2D eigenvalue weighted by Gasteiger charge is 2.30. The number of likely N-dealkylation sites (tertiary alicyclic amines) is 1. The fourth-order valence-corrected chi connectivity index (χ4v) is 4.43. The van der Waals surface area contributed by atoms with Crippen molar-refractivity contribution in [3.8, 4) is 5.75 Å². The number of methoxy groups -OCH3 is 2. The molecule has 168 valence electrons. The number of amides is 1. The molecule has 1 fully saturated rings. The third-order valence-electron chi connectivity index (χ3n) is 6.33. The standard InChI is InChI=1S/C25H35N3O3/c1-18-19(2)23(31-4)11-10-20(18)16-28-14-7-8-21(17-28)25(22-9-5-6-13-26-22)27-24(29)12-15-30-3/h5-6,9-11,13,21,25H,7-8,12,14-17H2,1-4H3,(H,27,29)/t21-,25-/m1/s1. The van der Waals surface area contributed by atoms with Crippen molar-refractivity contribution in [3.05, 3.63) is 58.9 Å². The SMILES string of the molecule is COCCC(=O)N[C@@H](c1ccccn1)[C@@H]1CCCN(Cc2ccc(OC)c(C)c2C)C1. The van der Waals surface area contributed by atoms with E-state index < -0.39 is 0 Å². The molecule has 1 aliphatic heterocycles. The summed E-state index contributed by atoms with van der Waals surface area (Å²) in [6.45, 7) is 7.60. The van der Waals surface area contributed by atoms with Crippen LogP contribution in [0.25, 0.3) is 0 Å². The van der Waals surface area contributed by atoms with Gasteiger partial charge in [0.05, 0.1) is 25.5 Å². The van der Waals surface area contributed by atoms with Crippen LogP contribution in [-0.4, -0.2) is 49.7 Å². The lowest BCUT2D eigenvalue weighted by Crippen LogP contribution is -2.43. The van der Waals surface area contributed by atoms with Gasteiger partial charge in [-0.05, 0) is 74.0 Å². The maximum absolute atomic E-state index is 12.5. The van der Waals surface area contributed by atoms with Gasteiger partial charge in [0, 0.05) is 32.8 Å². The van der Waals surface area contributed by atoms with Gasteiger partial charge in [-0.3, -0.25) is 14.7 Å². The summed E-state index contributed by atoms with van der Waals surface area (Å²) in [7, 11) is 3.33. The van der Waals surface area contributed by atoms with Crippen LogP contribution in [0.3, 0.4) is 0 Å². The van der Waals surface area contributed by atoms with E-state index in [-0.39, 0.29) is 11.9 Å². The number of nitrogens with one attached hydrogen (secondary N) is 1. The van der Waals surface area contributed by atoms with Crippen LogP contribution in [0.2, 0.25) is 0 Å². The van der Waals surface area contributed by atoms with Gasteiger partial charge in [0.2, 0.25) is 5.91 Å². The van der Waals surface area contributed by atoms with Crippen LogP contribution in [0.4, 0.5) is 0 Å². The molecule has 2 heterocycles. The fourth-order valence-electron chi connectivity index (χ4n) is 4.43. The van der Waals surface area contributed by atoms with E-state index in [1.54, 1.807) is 20.4 Å². The van der Waals surface area contributed by atoms with E-state index in [0.717, 1.165) is 43.9 Å². The van der Waals surface area contributed by atoms with Crippen molar-refractivity contribution in [1.29, 1.82) is 0 Å². The van der Waals surface area contributed by atoms with Crippen LogP contribution in [-0.2, 0) is 16.1 Å². The summed E-state index contributed by atoms with van der Waals surface area (Å²) in [5, 5.41) is 3.23. The zero-order valence-electron chi connectivity index (χ0n) is 19.2.